The normalized spacial score (nSPS) is 18.1. The van der Waals surface area contributed by atoms with Gasteiger partial charge in [-0.05, 0) is 64.1 Å². The fourth-order valence-electron chi connectivity index (χ4n) is 5.90. The number of rotatable bonds is 8. The second-order valence-electron chi connectivity index (χ2n) is 11.6. The third-order valence-electron chi connectivity index (χ3n) is 8.20. The molecule has 0 bridgehead atoms. The molecule has 3 aromatic heterocycles. The van der Waals surface area contributed by atoms with E-state index in [2.05, 4.69) is 59.5 Å². The number of hydrogen-bond donors (Lipinski definition) is 5. The molecule has 6 rings (SSSR count). The number of H-pyrrole nitrogens is 1. The Labute approximate surface area is 246 Å². The predicted octanol–water partition coefficient (Wildman–Crippen LogP) is 3.14. The van der Waals surface area contributed by atoms with E-state index in [0.29, 0.717) is 34.6 Å². The molecule has 0 radical (unpaired) electrons. The summed E-state index contributed by atoms with van der Waals surface area (Å²) in [6.07, 6.45) is 4.35. The summed E-state index contributed by atoms with van der Waals surface area (Å²) >= 11 is 0. The fourth-order valence-corrected chi connectivity index (χ4v) is 5.90. The SMILES string of the molecule is CC(C)Nc1nc(Nc2ccc(N3CCC(N4CCN(C)CC4)CC3)cc2)c(C(N)O)nc1-c1nccc2[nH]cnc12. The molecule has 1 aromatic carbocycles. The van der Waals surface area contributed by atoms with Gasteiger partial charge in [0.05, 0.1) is 11.8 Å². The highest BCUT2D eigenvalue weighted by atomic mass is 16.3. The van der Waals surface area contributed by atoms with Crippen LogP contribution in [0.3, 0.4) is 0 Å². The van der Waals surface area contributed by atoms with E-state index in [1.165, 1.54) is 31.6 Å². The van der Waals surface area contributed by atoms with Crippen molar-refractivity contribution in [2.75, 3.05) is 61.8 Å². The number of aliphatic hydroxyl groups excluding tert-OH is 1. The van der Waals surface area contributed by atoms with Gasteiger partial charge in [-0.15, -0.1) is 0 Å². The molecule has 222 valence electrons. The lowest BCUT2D eigenvalue weighted by Gasteiger charge is -2.42. The van der Waals surface area contributed by atoms with E-state index in [1.807, 2.05) is 32.0 Å². The number of benzene rings is 1. The Balaban J connectivity index is 1.21. The first kappa shape index (κ1) is 28.3. The number of piperidine rings is 1. The molecule has 4 aromatic rings. The Morgan fingerprint density at radius 1 is 0.929 bits per heavy atom. The van der Waals surface area contributed by atoms with Gasteiger partial charge in [-0.3, -0.25) is 9.88 Å². The Bertz CT molecular complexity index is 1490. The van der Waals surface area contributed by atoms with Crippen molar-refractivity contribution in [3.8, 4) is 11.4 Å². The number of pyridine rings is 1. The number of nitrogens with zero attached hydrogens (tertiary/aromatic N) is 7. The maximum atomic E-state index is 10.5. The van der Waals surface area contributed by atoms with Gasteiger partial charge in [0.2, 0.25) is 0 Å². The average molecular weight is 572 g/mol. The minimum Gasteiger partial charge on any atom is -0.373 e. The second kappa shape index (κ2) is 12.2. The topological polar surface area (TPSA) is 147 Å². The van der Waals surface area contributed by atoms with Crippen LogP contribution < -0.4 is 21.3 Å². The van der Waals surface area contributed by atoms with E-state index in [1.54, 1.807) is 12.5 Å². The summed E-state index contributed by atoms with van der Waals surface area (Å²) in [6, 6.07) is 10.9. The molecule has 2 aliphatic heterocycles. The standard InChI is InChI=1S/C30H41N11O/c1-19(2)35-29-26(25-24-23(8-11-32-25)33-18-34-24)37-27(28(31)42)30(38-29)36-20-4-6-21(7-5-20)40-12-9-22(10-13-40)41-16-14-39(3)15-17-41/h4-8,11,18-19,22,28,42H,9-10,12-17,31H2,1-3H3,(H,33,34)(H2,35,36,38). The van der Waals surface area contributed by atoms with Crippen LogP contribution in [0.1, 0.15) is 38.6 Å². The summed E-state index contributed by atoms with van der Waals surface area (Å²) in [5, 5.41) is 17.2. The van der Waals surface area contributed by atoms with Gasteiger partial charge in [-0.1, -0.05) is 0 Å². The van der Waals surface area contributed by atoms with Crippen LogP contribution in [0.15, 0.2) is 42.9 Å². The van der Waals surface area contributed by atoms with Crippen molar-refractivity contribution in [2.24, 2.45) is 5.73 Å². The van der Waals surface area contributed by atoms with E-state index in [9.17, 15) is 5.11 Å². The van der Waals surface area contributed by atoms with Gasteiger partial charge in [0.15, 0.2) is 11.6 Å². The Morgan fingerprint density at radius 2 is 1.67 bits per heavy atom. The van der Waals surface area contributed by atoms with E-state index >= 15 is 0 Å². The highest BCUT2D eigenvalue weighted by molar-refractivity contribution is 5.91. The first-order chi connectivity index (χ1) is 20.4. The number of nitrogens with two attached hydrogens (primary N) is 1. The first-order valence-corrected chi connectivity index (χ1v) is 14.8. The Morgan fingerprint density at radius 3 is 2.36 bits per heavy atom. The van der Waals surface area contributed by atoms with Gasteiger partial charge in [0.25, 0.3) is 0 Å². The van der Waals surface area contributed by atoms with Gasteiger partial charge in [-0.2, -0.15) is 0 Å². The molecule has 0 aliphatic carbocycles. The summed E-state index contributed by atoms with van der Waals surface area (Å²) in [6.45, 7) is 10.8. The number of nitrogens with one attached hydrogen (secondary N) is 3. The van der Waals surface area contributed by atoms with E-state index in [-0.39, 0.29) is 11.7 Å². The number of piperazine rings is 1. The van der Waals surface area contributed by atoms with Crippen molar-refractivity contribution < 1.29 is 5.11 Å². The average Bonchev–Trinajstić information content (AvgIpc) is 3.47. The number of imidazole rings is 1. The molecule has 0 spiro atoms. The van der Waals surface area contributed by atoms with Gasteiger partial charge >= 0.3 is 0 Å². The van der Waals surface area contributed by atoms with Gasteiger partial charge in [0, 0.05) is 68.9 Å². The smallest absolute Gasteiger partial charge is 0.158 e. The quantitative estimate of drug-likeness (QED) is 0.199. The molecule has 12 heteroatoms. The van der Waals surface area contributed by atoms with Gasteiger partial charge < -0.3 is 36.3 Å². The Hall–Kier alpha value is -3.84. The molecule has 6 N–H and O–H groups in total. The van der Waals surface area contributed by atoms with E-state index in [0.717, 1.165) is 37.4 Å². The highest BCUT2D eigenvalue weighted by Gasteiger charge is 2.27. The predicted molar refractivity (Wildman–Crippen MR) is 167 cm³/mol. The van der Waals surface area contributed by atoms with Crippen LogP contribution in [0.5, 0.6) is 0 Å². The summed E-state index contributed by atoms with van der Waals surface area (Å²) in [5.74, 6) is 0.909. The number of likely N-dealkylation sites (N-methyl/N-ethyl adjacent to an activating group) is 1. The molecule has 1 atom stereocenters. The Kier molecular flexibility index (Phi) is 8.20. The molecule has 2 fully saturated rings. The fraction of sp³-hybridized carbons (Fsp3) is 0.467. The lowest BCUT2D eigenvalue weighted by Crippen LogP contribution is -2.52. The van der Waals surface area contributed by atoms with Crippen molar-refractivity contribution in [1.82, 2.24) is 34.7 Å². The molecule has 5 heterocycles. The minimum atomic E-state index is -1.34. The molecule has 2 aliphatic rings. The van der Waals surface area contributed by atoms with Crippen LogP contribution in [0, 0.1) is 0 Å². The lowest BCUT2D eigenvalue weighted by atomic mass is 10.0. The largest absolute Gasteiger partial charge is 0.373 e. The molecule has 1 unspecified atom stereocenters. The van der Waals surface area contributed by atoms with Crippen LogP contribution >= 0.6 is 0 Å². The molecular weight excluding hydrogens is 530 g/mol. The van der Waals surface area contributed by atoms with Crippen LogP contribution in [-0.2, 0) is 0 Å². The van der Waals surface area contributed by atoms with Gasteiger partial charge in [-0.25, -0.2) is 15.0 Å². The van der Waals surface area contributed by atoms with E-state index in [4.69, 9.17) is 15.7 Å². The van der Waals surface area contributed by atoms with Crippen molar-refractivity contribution in [3.63, 3.8) is 0 Å². The zero-order valence-electron chi connectivity index (χ0n) is 24.6. The van der Waals surface area contributed by atoms with Crippen LogP contribution in [-0.4, -0.2) is 98.2 Å². The van der Waals surface area contributed by atoms with Crippen LogP contribution in [0.2, 0.25) is 0 Å². The number of hydrogen-bond acceptors (Lipinski definition) is 11. The van der Waals surface area contributed by atoms with E-state index < -0.39 is 6.23 Å². The van der Waals surface area contributed by atoms with Crippen LogP contribution in [0.4, 0.5) is 23.0 Å². The summed E-state index contributed by atoms with van der Waals surface area (Å²) in [7, 11) is 2.21. The van der Waals surface area contributed by atoms with Gasteiger partial charge in [0.1, 0.15) is 28.8 Å². The maximum Gasteiger partial charge on any atom is 0.158 e. The van der Waals surface area contributed by atoms with Crippen LogP contribution in [0.25, 0.3) is 22.4 Å². The maximum absolute atomic E-state index is 10.5. The monoisotopic (exact) mass is 571 g/mol. The number of aromatic nitrogens is 5. The second-order valence-corrected chi connectivity index (χ2v) is 11.6. The summed E-state index contributed by atoms with van der Waals surface area (Å²) in [5.41, 5.74) is 10.8. The molecule has 12 nitrogen and oxygen atoms in total. The van der Waals surface area contributed by atoms with Crippen molar-refractivity contribution in [3.05, 3.63) is 48.5 Å². The molecule has 0 saturated carbocycles. The zero-order chi connectivity index (χ0) is 29.2. The third kappa shape index (κ3) is 6.02. The highest BCUT2D eigenvalue weighted by Crippen LogP contribution is 2.33. The molecule has 42 heavy (non-hydrogen) atoms. The third-order valence-corrected chi connectivity index (χ3v) is 8.20. The van der Waals surface area contributed by atoms with Crippen molar-refractivity contribution in [1.29, 1.82) is 0 Å². The molecule has 2 saturated heterocycles. The summed E-state index contributed by atoms with van der Waals surface area (Å²) < 4.78 is 0. The lowest BCUT2D eigenvalue weighted by molar-refractivity contribution is 0.0982. The summed E-state index contributed by atoms with van der Waals surface area (Å²) in [4.78, 5) is 29.2. The number of anilines is 4. The number of aliphatic hydroxyl groups is 1. The number of fused-ring (bicyclic) bond motifs is 1. The number of aromatic amines is 1. The van der Waals surface area contributed by atoms with Crippen molar-refractivity contribution >= 4 is 34.0 Å². The minimum absolute atomic E-state index is 0.0811. The molecular formula is C30H41N11O. The first-order valence-electron chi connectivity index (χ1n) is 14.8. The van der Waals surface area contributed by atoms with Crippen molar-refractivity contribution in [2.45, 2.75) is 45.0 Å². The zero-order valence-corrected chi connectivity index (χ0v) is 24.6. The molecule has 0 amide bonds.